The van der Waals surface area contributed by atoms with Gasteiger partial charge in [0.1, 0.15) is 0 Å². The standard InChI is InChI=1S/C14H19OS/c1-14(2,3)16-11-13(10-15)9-12-7-5-4-6-8-12/h4-8,13H,9,11H2,1-3H3. The van der Waals surface area contributed by atoms with Crippen molar-refractivity contribution in [2.75, 3.05) is 5.75 Å². The summed E-state index contributed by atoms with van der Waals surface area (Å²) in [4.78, 5) is 10.9. The molecule has 0 aliphatic carbocycles. The van der Waals surface area contributed by atoms with Crippen molar-refractivity contribution in [3.63, 3.8) is 0 Å². The SMILES string of the molecule is CC(C)(C)SCC([C]=O)Cc1ccccc1. The number of benzene rings is 1. The topological polar surface area (TPSA) is 17.1 Å². The third kappa shape index (κ3) is 5.36. The van der Waals surface area contributed by atoms with E-state index in [1.165, 1.54) is 5.56 Å². The van der Waals surface area contributed by atoms with Gasteiger partial charge >= 0.3 is 0 Å². The zero-order valence-electron chi connectivity index (χ0n) is 10.2. The van der Waals surface area contributed by atoms with Crippen molar-refractivity contribution >= 4 is 18.0 Å². The Bertz CT molecular complexity index is 313. The van der Waals surface area contributed by atoms with Gasteiger partial charge in [0.2, 0.25) is 6.29 Å². The normalized spacial score (nSPS) is 13.4. The van der Waals surface area contributed by atoms with Crippen LogP contribution in [0.1, 0.15) is 26.3 Å². The lowest BCUT2D eigenvalue weighted by Gasteiger charge is -2.19. The van der Waals surface area contributed by atoms with Crippen molar-refractivity contribution in [2.24, 2.45) is 5.92 Å². The second-order valence-electron chi connectivity index (χ2n) is 4.93. The zero-order chi connectivity index (χ0) is 12.0. The summed E-state index contributed by atoms with van der Waals surface area (Å²) in [6, 6.07) is 10.1. The van der Waals surface area contributed by atoms with Crippen molar-refractivity contribution in [1.29, 1.82) is 0 Å². The predicted molar refractivity (Wildman–Crippen MR) is 71.5 cm³/mol. The van der Waals surface area contributed by atoms with E-state index in [2.05, 4.69) is 39.2 Å². The second kappa shape index (κ2) is 6.09. The van der Waals surface area contributed by atoms with Gasteiger partial charge < -0.3 is 0 Å². The van der Waals surface area contributed by atoms with E-state index in [0.29, 0.717) is 0 Å². The Morgan fingerprint density at radius 3 is 2.38 bits per heavy atom. The second-order valence-corrected chi connectivity index (χ2v) is 6.77. The number of rotatable bonds is 5. The van der Waals surface area contributed by atoms with Crippen LogP contribution in [-0.4, -0.2) is 16.8 Å². The smallest absolute Gasteiger partial charge is 0.202 e. The Kier molecular flexibility index (Phi) is 5.07. The van der Waals surface area contributed by atoms with Gasteiger partial charge in [0, 0.05) is 16.4 Å². The molecular formula is C14H19OS. The van der Waals surface area contributed by atoms with Crippen molar-refractivity contribution in [2.45, 2.75) is 31.9 Å². The molecule has 87 valence electrons. The molecule has 0 N–H and O–H groups in total. The number of carbonyl (C=O) groups excluding carboxylic acids is 1. The molecule has 1 aromatic carbocycles. The van der Waals surface area contributed by atoms with E-state index in [0.717, 1.165) is 12.2 Å². The van der Waals surface area contributed by atoms with Gasteiger partial charge in [-0.2, -0.15) is 11.8 Å². The summed E-state index contributed by atoms with van der Waals surface area (Å²) in [7, 11) is 0. The molecule has 1 nitrogen and oxygen atoms in total. The number of hydrogen-bond donors (Lipinski definition) is 0. The van der Waals surface area contributed by atoms with Gasteiger partial charge in [0.15, 0.2) is 0 Å². The molecule has 0 bridgehead atoms. The van der Waals surface area contributed by atoms with Crippen LogP contribution in [-0.2, 0) is 11.2 Å². The largest absolute Gasteiger partial charge is 0.291 e. The minimum Gasteiger partial charge on any atom is -0.291 e. The van der Waals surface area contributed by atoms with Crippen LogP contribution in [0.2, 0.25) is 0 Å². The summed E-state index contributed by atoms with van der Waals surface area (Å²) in [5, 5.41) is 0. The molecule has 1 rings (SSSR count). The quantitative estimate of drug-likeness (QED) is 0.777. The Balaban J connectivity index is 2.47. The van der Waals surface area contributed by atoms with Crippen LogP contribution in [0, 0.1) is 5.92 Å². The molecule has 1 radical (unpaired) electrons. The van der Waals surface area contributed by atoms with Crippen LogP contribution >= 0.6 is 11.8 Å². The lowest BCUT2D eigenvalue weighted by molar-refractivity contribution is 0.529. The molecule has 1 unspecified atom stereocenters. The van der Waals surface area contributed by atoms with Crippen LogP contribution in [0.3, 0.4) is 0 Å². The van der Waals surface area contributed by atoms with E-state index in [-0.39, 0.29) is 10.7 Å². The molecule has 0 saturated heterocycles. The van der Waals surface area contributed by atoms with Gasteiger partial charge in [0.05, 0.1) is 0 Å². The van der Waals surface area contributed by atoms with Crippen molar-refractivity contribution in [3.8, 4) is 0 Å². The molecule has 0 aliphatic heterocycles. The van der Waals surface area contributed by atoms with Gasteiger partial charge in [-0.15, -0.1) is 0 Å². The number of hydrogen-bond acceptors (Lipinski definition) is 2. The third-order valence-electron chi connectivity index (χ3n) is 2.21. The van der Waals surface area contributed by atoms with E-state index >= 15 is 0 Å². The highest BCUT2D eigenvalue weighted by atomic mass is 32.2. The Morgan fingerprint density at radius 2 is 1.88 bits per heavy atom. The van der Waals surface area contributed by atoms with Gasteiger partial charge in [-0.05, 0) is 12.0 Å². The van der Waals surface area contributed by atoms with Crippen molar-refractivity contribution in [1.82, 2.24) is 0 Å². The lowest BCUT2D eigenvalue weighted by Crippen LogP contribution is -2.15. The van der Waals surface area contributed by atoms with E-state index in [1.54, 1.807) is 0 Å². The maximum absolute atomic E-state index is 10.9. The van der Waals surface area contributed by atoms with Crippen molar-refractivity contribution in [3.05, 3.63) is 35.9 Å². The molecule has 0 heterocycles. The Morgan fingerprint density at radius 1 is 1.25 bits per heavy atom. The van der Waals surface area contributed by atoms with Crippen LogP contribution in [0.15, 0.2) is 30.3 Å². The molecule has 0 fully saturated rings. The van der Waals surface area contributed by atoms with Gasteiger partial charge in [-0.1, -0.05) is 51.1 Å². The highest BCUT2D eigenvalue weighted by molar-refractivity contribution is 8.00. The summed E-state index contributed by atoms with van der Waals surface area (Å²) < 4.78 is 0.214. The molecule has 0 aromatic heterocycles. The third-order valence-corrected chi connectivity index (χ3v) is 3.64. The molecule has 0 aliphatic rings. The monoisotopic (exact) mass is 235 g/mol. The molecule has 16 heavy (non-hydrogen) atoms. The average molecular weight is 235 g/mol. The van der Waals surface area contributed by atoms with Crippen LogP contribution in [0.5, 0.6) is 0 Å². The first-order chi connectivity index (χ1) is 7.51. The molecule has 1 atom stereocenters. The fourth-order valence-corrected chi connectivity index (χ4v) is 2.27. The summed E-state index contributed by atoms with van der Waals surface area (Å²) in [5.74, 6) is 0.855. The average Bonchev–Trinajstić information content (AvgIpc) is 2.24. The highest BCUT2D eigenvalue weighted by Gasteiger charge is 2.16. The molecule has 0 saturated carbocycles. The van der Waals surface area contributed by atoms with E-state index < -0.39 is 0 Å². The van der Waals surface area contributed by atoms with E-state index in [4.69, 9.17) is 0 Å². The minimum atomic E-state index is 0.00613. The molecule has 0 amide bonds. The summed E-state index contributed by atoms with van der Waals surface area (Å²) in [6.07, 6.45) is 2.95. The van der Waals surface area contributed by atoms with Gasteiger partial charge in [-0.25, -0.2) is 0 Å². The zero-order valence-corrected chi connectivity index (χ0v) is 11.0. The molecule has 2 heteroatoms. The maximum atomic E-state index is 10.9. The van der Waals surface area contributed by atoms with Crippen LogP contribution < -0.4 is 0 Å². The minimum absolute atomic E-state index is 0.00613. The van der Waals surface area contributed by atoms with Crippen molar-refractivity contribution < 1.29 is 4.79 Å². The Hall–Kier alpha value is -0.760. The first-order valence-electron chi connectivity index (χ1n) is 5.57. The van der Waals surface area contributed by atoms with E-state index in [9.17, 15) is 4.79 Å². The van der Waals surface area contributed by atoms with Gasteiger partial charge in [-0.3, -0.25) is 4.79 Å². The predicted octanol–water partition coefficient (Wildman–Crippen LogP) is 3.49. The van der Waals surface area contributed by atoms with Gasteiger partial charge in [0.25, 0.3) is 0 Å². The molecule has 0 spiro atoms. The van der Waals surface area contributed by atoms with E-state index in [1.807, 2.05) is 30.0 Å². The lowest BCUT2D eigenvalue weighted by atomic mass is 10.0. The molecular weight excluding hydrogens is 216 g/mol. The van der Waals surface area contributed by atoms with Crippen LogP contribution in [0.25, 0.3) is 0 Å². The first-order valence-corrected chi connectivity index (χ1v) is 6.55. The fourth-order valence-electron chi connectivity index (χ4n) is 1.38. The fraction of sp³-hybridized carbons (Fsp3) is 0.500. The number of thioether (sulfide) groups is 1. The summed E-state index contributed by atoms with van der Waals surface area (Å²) in [6.45, 7) is 6.51. The Labute approximate surface area is 103 Å². The summed E-state index contributed by atoms with van der Waals surface area (Å²) >= 11 is 1.82. The maximum Gasteiger partial charge on any atom is 0.202 e. The van der Waals surface area contributed by atoms with Crippen LogP contribution in [0.4, 0.5) is 0 Å². The highest BCUT2D eigenvalue weighted by Crippen LogP contribution is 2.26. The molecule has 1 aromatic rings. The summed E-state index contributed by atoms with van der Waals surface area (Å²) in [5.41, 5.74) is 1.21. The first kappa shape index (κ1) is 13.3.